The van der Waals surface area contributed by atoms with Crippen molar-refractivity contribution in [3.63, 3.8) is 0 Å². The van der Waals surface area contributed by atoms with Crippen LogP contribution >= 0.6 is 11.3 Å². The van der Waals surface area contributed by atoms with Crippen molar-refractivity contribution in [2.24, 2.45) is 5.92 Å². The number of amides is 1. The molecule has 0 aliphatic heterocycles. The summed E-state index contributed by atoms with van der Waals surface area (Å²) in [5, 5.41) is 3.55. The van der Waals surface area contributed by atoms with Crippen LogP contribution in [0.15, 0.2) is 30.6 Å². The highest BCUT2D eigenvalue weighted by Gasteiger charge is 2.30. The van der Waals surface area contributed by atoms with Crippen molar-refractivity contribution in [2.45, 2.75) is 26.4 Å². The molecule has 114 valence electrons. The van der Waals surface area contributed by atoms with Crippen LogP contribution in [-0.2, 0) is 16.1 Å². The molecule has 0 saturated heterocycles. The van der Waals surface area contributed by atoms with Crippen LogP contribution in [0.4, 0.5) is 5.00 Å². The number of hydrogen-bond donors (Lipinski definition) is 1. The average Bonchev–Trinajstić information content (AvgIpc) is 3.30. The summed E-state index contributed by atoms with van der Waals surface area (Å²) in [6.07, 6.45) is 5.24. The van der Waals surface area contributed by atoms with Crippen LogP contribution in [0.25, 0.3) is 0 Å². The molecule has 1 saturated carbocycles. The summed E-state index contributed by atoms with van der Waals surface area (Å²) in [4.78, 5) is 28.4. The van der Waals surface area contributed by atoms with Crippen LogP contribution in [0.1, 0.15) is 33.6 Å². The van der Waals surface area contributed by atoms with E-state index in [1.807, 2.05) is 19.1 Å². The van der Waals surface area contributed by atoms with Gasteiger partial charge in [0, 0.05) is 23.9 Å². The second-order valence-corrected chi connectivity index (χ2v) is 6.38. The van der Waals surface area contributed by atoms with Crippen LogP contribution in [-0.4, -0.2) is 16.9 Å². The lowest BCUT2D eigenvalue weighted by molar-refractivity contribution is -0.117. The van der Waals surface area contributed by atoms with E-state index in [0.29, 0.717) is 9.88 Å². The summed E-state index contributed by atoms with van der Waals surface area (Å²) in [7, 11) is 0. The van der Waals surface area contributed by atoms with Gasteiger partial charge in [0.05, 0.1) is 5.00 Å². The molecule has 0 bridgehead atoms. The third-order valence-electron chi connectivity index (χ3n) is 3.39. The van der Waals surface area contributed by atoms with Gasteiger partial charge in [-0.2, -0.15) is 0 Å². The van der Waals surface area contributed by atoms with Crippen molar-refractivity contribution in [3.05, 3.63) is 46.6 Å². The number of carbonyl (C=O) groups excluding carboxylic acids is 2. The monoisotopic (exact) mass is 316 g/mol. The van der Waals surface area contributed by atoms with E-state index in [0.717, 1.165) is 24.0 Å². The zero-order valence-corrected chi connectivity index (χ0v) is 13.0. The Hall–Kier alpha value is -2.21. The molecule has 1 N–H and O–H groups in total. The third-order valence-corrected chi connectivity index (χ3v) is 4.52. The number of anilines is 1. The van der Waals surface area contributed by atoms with Gasteiger partial charge in [-0.15, -0.1) is 11.3 Å². The minimum atomic E-state index is -0.377. The van der Waals surface area contributed by atoms with Crippen molar-refractivity contribution in [2.75, 3.05) is 5.32 Å². The molecule has 2 aromatic heterocycles. The summed E-state index contributed by atoms with van der Waals surface area (Å²) in [5.74, 6) is -0.196. The molecular formula is C16H16N2O3S. The molecule has 5 nitrogen and oxygen atoms in total. The van der Waals surface area contributed by atoms with Crippen molar-refractivity contribution < 1.29 is 14.3 Å². The molecule has 1 aliphatic carbocycles. The minimum Gasteiger partial charge on any atom is -0.457 e. The predicted molar refractivity (Wildman–Crippen MR) is 83.8 cm³/mol. The maximum absolute atomic E-state index is 12.1. The maximum atomic E-state index is 12.1. The zero-order chi connectivity index (χ0) is 15.5. The summed E-state index contributed by atoms with van der Waals surface area (Å²) in [6.45, 7) is 2.03. The maximum Gasteiger partial charge on any atom is 0.348 e. The zero-order valence-electron chi connectivity index (χ0n) is 12.2. The van der Waals surface area contributed by atoms with Crippen LogP contribution in [0.5, 0.6) is 0 Å². The van der Waals surface area contributed by atoms with Crippen molar-refractivity contribution >= 4 is 28.2 Å². The Morgan fingerprint density at radius 3 is 2.95 bits per heavy atom. The third kappa shape index (κ3) is 3.51. The number of aromatic nitrogens is 1. The first-order chi connectivity index (χ1) is 10.6. The Bertz CT molecular complexity index is 693. The molecule has 6 heteroatoms. The number of esters is 1. The Labute approximate surface area is 132 Å². The quantitative estimate of drug-likeness (QED) is 0.860. The minimum absolute atomic E-state index is 0.0385. The Balaban J connectivity index is 1.62. The van der Waals surface area contributed by atoms with Gasteiger partial charge in [0.2, 0.25) is 5.91 Å². The standard InChI is InChI=1S/C16H16N2O3S/c1-10-7-13(18-15(19)12-4-5-12)22-14(10)16(20)21-9-11-3-2-6-17-8-11/h2-3,6-8,12H,4-5,9H2,1H3,(H,18,19). The van der Waals surface area contributed by atoms with E-state index in [-0.39, 0.29) is 24.4 Å². The first-order valence-corrected chi connectivity index (χ1v) is 7.92. The second-order valence-electron chi connectivity index (χ2n) is 5.32. The molecule has 0 atom stereocenters. The number of nitrogens with zero attached hydrogens (tertiary/aromatic N) is 1. The fraction of sp³-hybridized carbons (Fsp3) is 0.312. The highest BCUT2D eigenvalue weighted by molar-refractivity contribution is 7.18. The number of aryl methyl sites for hydroxylation is 1. The van der Waals surface area contributed by atoms with Gasteiger partial charge in [0.15, 0.2) is 0 Å². The van der Waals surface area contributed by atoms with E-state index in [2.05, 4.69) is 10.3 Å². The second kappa shape index (κ2) is 6.27. The van der Waals surface area contributed by atoms with Crippen LogP contribution in [0.3, 0.4) is 0 Å². The fourth-order valence-electron chi connectivity index (χ4n) is 2.01. The molecule has 22 heavy (non-hydrogen) atoms. The predicted octanol–water partition coefficient (Wildman–Crippen LogP) is 3.16. The van der Waals surface area contributed by atoms with Gasteiger partial charge in [0.1, 0.15) is 11.5 Å². The van der Waals surface area contributed by atoms with Gasteiger partial charge in [-0.3, -0.25) is 9.78 Å². The lowest BCUT2D eigenvalue weighted by Crippen LogP contribution is -2.12. The van der Waals surface area contributed by atoms with Gasteiger partial charge in [-0.25, -0.2) is 4.79 Å². The molecule has 1 aliphatic rings. The van der Waals surface area contributed by atoms with E-state index < -0.39 is 0 Å². The number of nitrogens with one attached hydrogen (secondary N) is 1. The number of pyridine rings is 1. The number of hydrogen-bond acceptors (Lipinski definition) is 5. The van der Waals surface area contributed by atoms with E-state index >= 15 is 0 Å². The number of carbonyl (C=O) groups is 2. The Morgan fingerprint density at radius 1 is 1.45 bits per heavy atom. The summed E-state index contributed by atoms with van der Waals surface area (Å²) in [5.41, 5.74) is 1.65. The van der Waals surface area contributed by atoms with Gasteiger partial charge in [-0.1, -0.05) is 6.07 Å². The smallest absolute Gasteiger partial charge is 0.348 e. The average molecular weight is 316 g/mol. The van der Waals surface area contributed by atoms with Gasteiger partial charge < -0.3 is 10.1 Å². The molecule has 0 unspecified atom stereocenters. The number of thiophene rings is 1. The first kappa shape index (κ1) is 14.7. The van der Waals surface area contributed by atoms with Crippen LogP contribution < -0.4 is 5.32 Å². The number of rotatable bonds is 5. The Kier molecular flexibility index (Phi) is 4.20. The van der Waals surface area contributed by atoms with E-state index in [1.165, 1.54) is 11.3 Å². The highest BCUT2D eigenvalue weighted by atomic mass is 32.1. The van der Waals surface area contributed by atoms with Crippen molar-refractivity contribution in [1.29, 1.82) is 0 Å². The Morgan fingerprint density at radius 2 is 2.27 bits per heavy atom. The number of ether oxygens (including phenoxy) is 1. The van der Waals surface area contributed by atoms with Crippen LogP contribution in [0, 0.1) is 12.8 Å². The fourth-order valence-corrected chi connectivity index (χ4v) is 2.98. The lowest BCUT2D eigenvalue weighted by atomic mass is 10.3. The molecule has 0 aromatic carbocycles. The molecule has 0 radical (unpaired) electrons. The topological polar surface area (TPSA) is 68.3 Å². The molecular weight excluding hydrogens is 300 g/mol. The summed E-state index contributed by atoms with van der Waals surface area (Å²) >= 11 is 1.25. The molecule has 2 heterocycles. The van der Waals surface area contributed by atoms with Gasteiger partial charge >= 0.3 is 5.97 Å². The molecule has 2 aromatic rings. The SMILES string of the molecule is Cc1cc(NC(=O)C2CC2)sc1C(=O)OCc1cccnc1. The van der Waals surface area contributed by atoms with Crippen molar-refractivity contribution in [3.8, 4) is 0 Å². The van der Waals surface area contributed by atoms with E-state index in [1.54, 1.807) is 18.5 Å². The summed E-state index contributed by atoms with van der Waals surface area (Å²) < 4.78 is 5.29. The molecule has 0 spiro atoms. The van der Waals surface area contributed by atoms with E-state index in [4.69, 9.17) is 4.74 Å². The van der Waals surface area contributed by atoms with Crippen molar-refractivity contribution in [1.82, 2.24) is 4.98 Å². The summed E-state index contributed by atoms with van der Waals surface area (Å²) in [6, 6.07) is 5.46. The normalized spacial score (nSPS) is 13.7. The van der Waals surface area contributed by atoms with Gasteiger partial charge in [-0.05, 0) is 37.5 Å². The molecule has 3 rings (SSSR count). The van der Waals surface area contributed by atoms with E-state index in [9.17, 15) is 9.59 Å². The van der Waals surface area contributed by atoms with Crippen LogP contribution in [0.2, 0.25) is 0 Å². The molecule has 1 amide bonds. The first-order valence-electron chi connectivity index (χ1n) is 7.11. The molecule has 1 fully saturated rings. The highest BCUT2D eigenvalue weighted by Crippen LogP contribution is 2.33. The lowest BCUT2D eigenvalue weighted by Gasteiger charge is -2.03. The largest absolute Gasteiger partial charge is 0.457 e. The van der Waals surface area contributed by atoms with Gasteiger partial charge in [0.25, 0.3) is 0 Å².